The smallest absolute Gasteiger partial charge is 0.471 e. The van der Waals surface area contributed by atoms with Gasteiger partial charge in [-0.25, -0.2) is 19.2 Å². The summed E-state index contributed by atoms with van der Waals surface area (Å²) in [5.41, 5.74) is -4.13. The number of carbonyl (C=O) groups excluding carboxylic acids is 6. The summed E-state index contributed by atoms with van der Waals surface area (Å²) >= 11 is 0. The topological polar surface area (TPSA) is 398 Å². The molecule has 5 rings (SSSR count). The number of alkyl halides is 3. The molecule has 454 valence electrons. The number of nitrogens with zero attached hydrogens (tertiary/aromatic N) is 3. The number of carbonyl (C=O) groups is 6. The Kier molecular flexibility index (Phi) is 21.4. The molecule has 2 aromatic rings. The van der Waals surface area contributed by atoms with Crippen molar-refractivity contribution in [2.24, 2.45) is 5.92 Å². The average molecular weight is 1170 g/mol. The Bertz CT molecular complexity index is 2650. The van der Waals surface area contributed by atoms with E-state index in [1.807, 2.05) is 0 Å². The zero-order valence-electron chi connectivity index (χ0n) is 45.7. The summed E-state index contributed by atoms with van der Waals surface area (Å²) in [4.78, 5) is 101. The van der Waals surface area contributed by atoms with Crippen molar-refractivity contribution in [3.63, 3.8) is 0 Å². The molecule has 1 saturated carbocycles. The monoisotopic (exact) mass is 1170 g/mol. The zero-order valence-corrected chi connectivity index (χ0v) is 45.7. The Balaban J connectivity index is 1.59. The molecule has 1 saturated heterocycles. The molecule has 29 nitrogen and oxygen atoms in total. The number of nitro benzene ring substituents is 2. The van der Waals surface area contributed by atoms with Crippen LogP contribution in [0.15, 0.2) is 60.4 Å². The van der Waals surface area contributed by atoms with E-state index in [-0.39, 0.29) is 34.7 Å². The first kappa shape index (κ1) is 65.2. The molecule has 2 aliphatic heterocycles. The lowest BCUT2D eigenvalue weighted by Gasteiger charge is -2.52. The van der Waals surface area contributed by atoms with Gasteiger partial charge in [0.05, 0.1) is 53.8 Å². The maximum atomic E-state index is 13.9. The minimum absolute atomic E-state index is 0.247. The SMILES string of the molecule is CN(C(=O)OC(C)(C)C)[C@@H]1[C@@H](O)[C@@H](O[C@H]2[C@H](NC(=O)[C@H](O)CNC(=O)OC(C)(C)C)C[C@H](NC(=O)OCc3ccc([N+](=O)[O-])cc3)C([C@H]3OC(CNC(=O)C(F)(F)F)=CC[C@H]3NC(=O)OCc3ccc([N+](=O)[O-])cc3)[C@@H]2O)OC[C@]1(C)O. The first-order valence-corrected chi connectivity index (χ1v) is 25.3. The molecule has 2 heterocycles. The van der Waals surface area contributed by atoms with Crippen molar-refractivity contribution in [1.82, 2.24) is 31.5 Å². The molecule has 9 N–H and O–H groups in total. The number of aliphatic hydroxyl groups is 4. The minimum Gasteiger partial charge on any atom is -0.491 e. The molecule has 6 amide bonds. The van der Waals surface area contributed by atoms with Crippen molar-refractivity contribution in [1.29, 1.82) is 0 Å². The van der Waals surface area contributed by atoms with Gasteiger partial charge in [0, 0.05) is 43.3 Å². The van der Waals surface area contributed by atoms with Crippen LogP contribution in [0.25, 0.3) is 0 Å². The number of rotatable bonds is 18. The third kappa shape index (κ3) is 18.4. The van der Waals surface area contributed by atoms with Crippen LogP contribution in [-0.4, -0.2) is 182 Å². The number of aliphatic hydroxyl groups excluding tert-OH is 3. The number of non-ortho nitro benzene ring substituents is 2. The van der Waals surface area contributed by atoms with Crippen LogP contribution in [0.2, 0.25) is 0 Å². The molecule has 32 heteroatoms. The molecule has 0 spiro atoms. The normalized spacial score (nSPS) is 26.0. The second-order valence-corrected chi connectivity index (χ2v) is 21.7. The number of halogens is 3. The fourth-order valence-corrected chi connectivity index (χ4v) is 9.02. The van der Waals surface area contributed by atoms with E-state index in [0.29, 0.717) is 0 Å². The molecule has 12 atom stereocenters. The molecule has 3 aliphatic rings. The minimum atomic E-state index is -5.36. The fraction of sp³-hybridized carbons (Fsp3) is 0.600. The molecule has 0 radical (unpaired) electrons. The van der Waals surface area contributed by atoms with Crippen molar-refractivity contribution >= 4 is 47.6 Å². The van der Waals surface area contributed by atoms with Gasteiger partial charge in [0.15, 0.2) is 6.29 Å². The predicted octanol–water partition coefficient (Wildman–Crippen LogP) is 2.58. The average Bonchev–Trinajstić information content (AvgIpc) is 3.34. The molecule has 82 heavy (non-hydrogen) atoms. The first-order chi connectivity index (χ1) is 38.0. The van der Waals surface area contributed by atoms with Gasteiger partial charge in [-0.05, 0) is 103 Å². The van der Waals surface area contributed by atoms with Gasteiger partial charge in [0.1, 0.15) is 60.2 Å². The van der Waals surface area contributed by atoms with Gasteiger partial charge in [0.25, 0.3) is 17.3 Å². The number of likely N-dealkylation sites (N-methyl/N-ethyl adjacent to an activating group) is 1. The Labute approximate surface area is 466 Å². The van der Waals surface area contributed by atoms with E-state index in [0.717, 1.165) is 29.2 Å². The quantitative estimate of drug-likeness (QED) is 0.0588. The van der Waals surface area contributed by atoms with Crippen molar-refractivity contribution in [3.8, 4) is 0 Å². The van der Waals surface area contributed by atoms with Crippen LogP contribution in [0, 0.1) is 26.1 Å². The summed E-state index contributed by atoms with van der Waals surface area (Å²) in [6.07, 6.45) is -21.6. The zero-order chi connectivity index (χ0) is 61.2. The summed E-state index contributed by atoms with van der Waals surface area (Å²) in [7, 11) is 1.20. The summed E-state index contributed by atoms with van der Waals surface area (Å²) in [5.74, 6) is -5.71. The van der Waals surface area contributed by atoms with Crippen molar-refractivity contribution in [3.05, 3.63) is 91.7 Å². The lowest BCUT2D eigenvalue weighted by atomic mass is 9.72. The molecule has 2 aromatic carbocycles. The fourth-order valence-electron chi connectivity index (χ4n) is 9.02. The maximum absolute atomic E-state index is 13.9. The van der Waals surface area contributed by atoms with Crippen molar-refractivity contribution in [2.45, 2.75) is 158 Å². The summed E-state index contributed by atoms with van der Waals surface area (Å²) in [6.45, 7) is 7.18. The van der Waals surface area contributed by atoms with Gasteiger partial charge in [-0.1, -0.05) is 0 Å². The van der Waals surface area contributed by atoms with Crippen molar-refractivity contribution in [2.75, 3.05) is 26.7 Å². The van der Waals surface area contributed by atoms with E-state index in [9.17, 15) is 82.6 Å². The van der Waals surface area contributed by atoms with E-state index in [4.69, 9.17) is 33.2 Å². The summed E-state index contributed by atoms with van der Waals surface area (Å²) in [5, 5.41) is 81.4. The number of hydrogen-bond donors (Lipinski definition) is 9. The Hall–Kier alpha value is -7.65. The van der Waals surface area contributed by atoms with Crippen LogP contribution in [0.1, 0.15) is 72.4 Å². The molecule has 0 aromatic heterocycles. The molecule has 2 fully saturated rings. The highest BCUT2D eigenvalue weighted by Gasteiger charge is 2.57. The Morgan fingerprint density at radius 1 is 0.780 bits per heavy atom. The highest BCUT2D eigenvalue weighted by atomic mass is 19.4. The van der Waals surface area contributed by atoms with Gasteiger partial charge >= 0.3 is 36.5 Å². The lowest BCUT2D eigenvalue weighted by Crippen LogP contribution is -2.71. The van der Waals surface area contributed by atoms with Gasteiger partial charge in [-0.15, -0.1) is 0 Å². The highest BCUT2D eigenvalue weighted by molar-refractivity contribution is 5.82. The second-order valence-electron chi connectivity index (χ2n) is 21.7. The first-order valence-electron chi connectivity index (χ1n) is 25.3. The predicted molar refractivity (Wildman–Crippen MR) is 272 cm³/mol. The number of benzene rings is 2. The molecular formula is C50H67F3N8O21. The molecular weight excluding hydrogens is 1110 g/mol. The van der Waals surface area contributed by atoms with Crippen LogP contribution >= 0.6 is 0 Å². The van der Waals surface area contributed by atoms with Crippen molar-refractivity contribution < 1.29 is 105 Å². The third-order valence-corrected chi connectivity index (χ3v) is 12.7. The highest BCUT2D eigenvalue weighted by Crippen LogP contribution is 2.39. The molecule has 1 unspecified atom stereocenters. The van der Waals surface area contributed by atoms with Crippen LogP contribution in [0.3, 0.4) is 0 Å². The van der Waals surface area contributed by atoms with E-state index >= 15 is 0 Å². The number of alkyl carbamates (subject to hydrolysis) is 3. The van der Waals surface area contributed by atoms with Gasteiger partial charge in [-0.2, -0.15) is 13.2 Å². The van der Waals surface area contributed by atoms with Crippen LogP contribution in [0.5, 0.6) is 0 Å². The lowest BCUT2D eigenvalue weighted by molar-refractivity contribution is -0.385. The van der Waals surface area contributed by atoms with Gasteiger partial charge < -0.3 is 85.1 Å². The number of hydrogen-bond acceptors (Lipinski definition) is 21. The number of nitrogens with one attached hydrogen (secondary N) is 5. The maximum Gasteiger partial charge on any atom is 0.471 e. The van der Waals surface area contributed by atoms with Crippen LogP contribution in [0.4, 0.5) is 43.7 Å². The van der Waals surface area contributed by atoms with E-state index < -0.39 is 175 Å². The number of nitro groups is 2. The molecule has 0 bridgehead atoms. The van der Waals surface area contributed by atoms with E-state index in [1.165, 1.54) is 44.3 Å². The molecule has 1 aliphatic carbocycles. The van der Waals surface area contributed by atoms with Crippen LogP contribution < -0.4 is 26.6 Å². The number of amides is 6. The van der Waals surface area contributed by atoms with Gasteiger partial charge in [-0.3, -0.25) is 29.8 Å². The number of ether oxygens (including phenoxy) is 7. The summed E-state index contributed by atoms with van der Waals surface area (Å²) < 4.78 is 80.2. The van der Waals surface area contributed by atoms with Gasteiger partial charge in [0.2, 0.25) is 0 Å². The van der Waals surface area contributed by atoms with Crippen LogP contribution in [-0.2, 0) is 56.0 Å². The largest absolute Gasteiger partial charge is 0.491 e. The standard InChI is InChI=1S/C50H67F3N8O21/c1-47(2,3)81-43(67)55-21-33(62)40(65)56-32-19-31(58-45(69)77-23-26-11-15-28(16-12-26)61(74)75)34(35(63)38(32)80-41-36(64)39(49(7,71)24-78-41)59(8)46(70)82-48(4,5)6)37-30(18-17-29(79-37)20-54-42(66)50(51,52)53)57-44(68)76-22-25-9-13-27(14-10-25)60(72)73/h9-17,30-39,41,62-64,71H,18-24H2,1-8H3,(H,54,66)(H,55,67)(H,56,65)(H,57,68)(H,58,69)/t30-,31+,32-,33-,34?,35+,36-,37+,38+,39-,41-,49+/m1/s1. The van der Waals surface area contributed by atoms with E-state index in [2.05, 4.69) is 21.3 Å². The summed E-state index contributed by atoms with van der Waals surface area (Å²) in [6, 6.07) is 3.50. The Morgan fingerprint density at radius 2 is 1.30 bits per heavy atom. The Morgan fingerprint density at radius 3 is 1.80 bits per heavy atom. The van der Waals surface area contributed by atoms with E-state index in [1.54, 1.807) is 46.9 Å². The second kappa shape index (κ2) is 27.0. The third-order valence-electron chi connectivity index (χ3n) is 12.7.